The summed E-state index contributed by atoms with van der Waals surface area (Å²) >= 11 is 0. The number of amides is 1. The second-order valence-corrected chi connectivity index (χ2v) is 7.97. The van der Waals surface area contributed by atoms with Crippen LogP contribution in [0.2, 0.25) is 0 Å². The fourth-order valence-corrected chi connectivity index (χ4v) is 5.39. The van der Waals surface area contributed by atoms with E-state index in [9.17, 15) is 13.2 Å². The Hall–Kier alpha value is -2.09. The van der Waals surface area contributed by atoms with Crippen molar-refractivity contribution in [3.05, 3.63) is 23.8 Å². The Morgan fingerprint density at radius 1 is 1.33 bits per heavy atom. The molecule has 0 unspecified atom stereocenters. The Morgan fingerprint density at radius 2 is 2.05 bits per heavy atom. The molecule has 2 aliphatic rings. The molecule has 0 bridgehead atoms. The first-order valence-electron chi connectivity index (χ1n) is 6.52. The van der Waals surface area contributed by atoms with Crippen molar-refractivity contribution in [1.29, 1.82) is 0 Å². The monoisotopic (exact) mass is 307 g/mol. The number of sulfone groups is 1. The Balaban J connectivity index is 1.62. The van der Waals surface area contributed by atoms with Crippen LogP contribution in [-0.4, -0.2) is 43.9 Å². The Kier molecular flexibility index (Phi) is 2.26. The van der Waals surface area contributed by atoms with Crippen LogP contribution in [0.3, 0.4) is 0 Å². The third kappa shape index (κ3) is 1.82. The Labute approximate surface area is 120 Å². The lowest BCUT2D eigenvalue weighted by Gasteiger charge is -2.54. The third-order valence-electron chi connectivity index (χ3n) is 4.05. The number of hydrogen-bond acceptors (Lipinski definition) is 6. The smallest absolute Gasteiger partial charge is 0.298 e. The molecule has 2 aliphatic heterocycles. The summed E-state index contributed by atoms with van der Waals surface area (Å²) in [6.45, 7) is 1.23. The van der Waals surface area contributed by atoms with Crippen LogP contribution in [0, 0.1) is 5.41 Å². The minimum absolute atomic E-state index is 0.133. The third-order valence-corrected chi connectivity index (χ3v) is 6.15. The summed E-state index contributed by atoms with van der Waals surface area (Å²) in [6, 6.07) is 5.43. The molecule has 1 amide bonds. The number of benzene rings is 1. The van der Waals surface area contributed by atoms with E-state index in [0.29, 0.717) is 35.8 Å². The molecule has 0 atom stereocenters. The van der Waals surface area contributed by atoms with Crippen LogP contribution >= 0.6 is 0 Å². The molecule has 21 heavy (non-hydrogen) atoms. The molecule has 7 nitrogen and oxygen atoms in total. The van der Waals surface area contributed by atoms with Gasteiger partial charge in [0, 0.05) is 18.5 Å². The number of oxazole rings is 1. The number of para-hydroxylation sites is 1. The van der Waals surface area contributed by atoms with Gasteiger partial charge in [-0.15, -0.1) is 0 Å². The van der Waals surface area contributed by atoms with Gasteiger partial charge in [0.25, 0.3) is 11.9 Å². The second kappa shape index (κ2) is 3.76. The summed E-state index contributed by atoms with van der Waals surface area (Å²) in [7, 11) is -2.84. The highest BCUT2D eigenvalue weighted by molar-refractivity contribution is 7.92. The van der Waals surface area contributed by atoms with Gasteiger partial charge in [-0.05, 0) is 12.1 Å². The van der Waals surface area contributed by atoms with Crippen molar-refractivity contribution in [3.63, 3.8) is 0 Å². The molecular formula is C13H13N3O4S. The largest absolute Gasteiger partial charge is 0.423 e. The molecule has 0 aliphatic carbocycles. The zero-order valence-corrected chi connectivity index (χ0v) is 11.9. The lowest BCUT2D eigenvalue weighted by molar-refractivity contribution is 0.100. The van der Waals surface area contributed by atoms with Crippen LogP contribution in [-0.2, 0) is 9.84 Å². The van der Waals surface area contributed by atoms with Crippen LogP contribution in [0.4, 0.5) is 6.01 Å². The van der Waals surface area contributed by atoms with Crippen molar-refractivity contribution in [2.24, 2.45) is 11.1 Å². The zero-order chi connectivity index (χ0) is 14.8. The molecule has 8 heteroatoms. The standard InChI is InChI=1S/C13H13N3O4S/c14-11(17)8-2-1-3-9-10(8)15-12(20-9)16-4-13(5-16)6-21(18,19)7-13/h1-3H,4-7H2,(H2,14,17). The van der Waals surface area contributed by atoms with Gasteiger partial charge in [-0.3, -0.25) is 4.79 Å². The highest BCUT2D eigenvalue weighted by atomic mass is 32.2. The van der Waals surface area contributed by atoms with E-state index in [1.54, 1.807) is 18.2 Å². The molecule has 4 rings (SSSR count). The summed E-state index contributed by atoms with van der Waals surface area (Å²) in [5, 5.41) is 0. The molecule has 3 heterocycles. The summed E-state index contributed by atoms with van der Waals surface area (Å²) in [4.78, 5) is 17.6. The van der Waals surface area contributed by atoms with E-state index in [1.807, 2.05) is 4.90 Å². The summed E-state index contributed by atoms with van der Waals surface area (Å²) in [6.07, 6.45) is 0. The first kappa shape index (κ1) is 12.6. The number of nitrogens with two attached hydrogens (primary N) is 1. The molecule has 1 spiro atoms. The van der Waals surface area contributed by atoms with Gasteiger partial charge in [0.15, 0.2) is 15.4 Å². The number of carbonyl (C=O) groups is 1. The Morgan fingerprint density at radius 3 is 2.67 bits per heavy atom. The molecule has 2 N–H and O–H groups in total. The number of fused-ring (bicyclic) bond motifs is 1. The summed E-state index contributed by atoms with van der Waals surface area (Å²) in [5.41, 5.74) is 6.45. The molecule has 2 aromatic rings. The average Bonchev–Trinajstić information content (AvgIpc) is 2.74. The molecule has 110 valence electrons. The number of aromatic nitrogens is 1. The van der Waals surface area contributed by atoms with E-state index >= 15 is 0 Å². The first-order valence-corrected chi connectivity index (χ1v) is 8.34. The normalized spacial score (nSPS) is 22.0. The van der Waals surface area contributed by atoms with E-state index in [1.165, 1.54) is 0 Å². The summed E-state index contributed by atoms with van der Waals surface area (Å²) in [5.74, 6) is -0.0717. The molecule has 2 fully saturated rings. The van der Waals surface area contributed by atoms with Gasteiger partial charge in [0.2, 0.25) is 0 Å². The fourth-order valence-electron chi connectivity index (χ4n) is 3.24. The van der Waals surface area contributed by atoms with Gasteiger partial charge in [0.1, 0.15) is 5.52 Å². The number of anilines is 1. The van der Waals surface area contributed by atoms with Crippen molar-refractivity contribution < 1.29 is 17.6 Å². The van der Waals surface area contributed by atoms with Gasteiger partial charge in [-0.2, -0.15) is 4.98 Å². The maximum Gasteiger partial charge on any atom is 0.298 e. The number of rotatable bonds is 2. The highest BCUT2D eigenvalue weighted by Gasteiger charge is 2.56. The van der Waals surface area contributed by atoms with Crippen molar-refractivity contribution in [1.82, 2.24) is 4.98 Å². The average molecular weight is 307 g/mol. The molecular weight excluding hydrogens is 294 g/mol. The number of hydrogen-bond donors (Lipinski definition) is 1. The maximum absolute atomic E-state index is 11.4. The van der Waals surface area contributed by atoms with Crippen molar-refractivity contribution in [2.75, 3.05) is 29.5 Å². The molecule has 0 saturated carbocycles. The van der Waals surface area contributed by atoms with E-state index in [2.05, 4.69) is 4.98 Å². The van der Waals surface area contributed by atoms with Crippen molar-refractivity contribution in [3.8, 4) is 0 Å². The lowest BCUT2D eigenvalue weighted by Crippen LogP contribution is -2.68. The van der Waals surface area contributed by atoms with Crippen molar-refractivity contribution in [2.45, 2.75) is 0 Å². The number of nitrogens with zero attached hydrogens (tertiary/aromatic N) is 2. The minimum Gasteiger partial charge on any atom is -0.423 e. The van der Waals surface area contributed by atoms with Crippen molar-refractivity contribution >= 4 is 32.9 Å². The van der Waals surface area contributed by atoms with E-state index in [-0.39, 0.29) is 16.9 Å². The molecule has 0 radical (unpaired) electrons. The molecule has 2 saturated heterocycles. The van der Waals surface area contributed by atoms with Gasteiger partial charge in [-0.1, -0.05) is 6.07 Å². The van der Waals surface area contributed by atoms with E-state index in [0.717, 1.165) is 0 Å². The number of primary amides is 1. The van der Waals surface area contributed by atoms with Gasteiger partial charge >= 0.3 is 0 Å². The predicted molar refractivity (Wildman–Crippen MR) is 75.8 cm³/mol. The number of carbonyl (C=O) groups excluding carboxylic acids is 1. The topological polar surface area (TPSA) is 107 Å². The highest BCUT2D eigenvalue weighted by Crippen LogP contribution is 2.43. The summed E-state index contributed by atoms with van der Waals surface area (Å²) < 4.78 is 28.2. The van der Waals surface area contributed by atoms with Crippen LogP contribution in [0.15, 0.2) is 22.6 Å². The maximum atomic E-state index is 11.4. The molecule has 1 aromatic carbocycles. The molecule has 1 aromatic heterocycles. The van der Waals surface area contributed by atoms with Gasteiger partial charge in [-0.25, -0.2) is 8.42 Å². The van der Waals surface area contributed by atoms with E-state index < -0.39 is 15.7 Å². The van der Waals surface area contributed by atoms with E-state index in [4.69, 9.17) is 10.2 Å². The Bertz CT molecular complexity index is 851. The first-order chi connectivity index (χ1) is 9.88. The predicted octanol–water partition coefficient (Wildman–Crippen LogP) is 0.161. The fraction of sp³-hybridized carbons (Fsp3) is 0.385. The van der Waals surface area contributed by atoms with Crippen LogP contribution in [0.5, 0.6) is 0 Å². The minimum atomic E-state index is -2.84. The van der Waals surface area contributed by atoms with Gasteiger partial charge < -0.3 is 15.1 Å². The van der Waals surface area contributed by atoms with Crippen LogP contribution in [0.25, 0.3) is 11.1 Å². The zero-order valence-electron chi connectivity index (χ0n) is 11.1. The van der Waals surface area contributed by atoms with Gasteiger partial charge in [0.05, 0.1) is 17.1 Å². The second-order valence-electron chi connectivity index (χ2n) is 5.90. The van der Waals surface area contributed by atoms with Crippen LogP contribution < -0.4 is 10.6 Å². The quantitative estimate of drug-likeness (QED) is 0.847. The SMILES string of the molecule is NC(=O)c1cccc2oc(N3CC4(C3)CS(=O)(=O)C4)nc12. The van der Waals surface area contributed by atoms with Crippen LogP contribution in [0.1, 0.15) is 10.4 Å². The lowest BCUT2D eigenvalue weighted by atomic mass is 9.83.